The van der Waals surface area contributed by atoms with Crippen molar-refractivity contribution in [3.05, 3.63) is 0 Å². The maximum Gasteiger partial charge on any atom is 0.151 e. The molecule has 0 rings (SSSR count). The third kappa shape index (κ3) is 2.94. The number of methoxy groups -OCH3 is 1. The zero-order valence-electron chi connectivity index (χ0n) is 6.17. The third-order valence-electron chi connectivity index (χ3n) is 1.32. The average Bonchev–Trinajstić information content (AvgIpc) is 2.05. The summed E-state index contributed by atoms with van der Waals surface area (Å²) >= 11 is 0. The first-order valence-corrected chi connectivity index (χ1v) is 3.12. The molecule has 5 nitrogen and oxygen atoms in total. The first kappa shape index (κ1) is 10.5. The van der Waals surface area contributed by atoms with Crippen molar-refractivity contribution in [2.45, 2.75) is 18.3 Å². The molecule has 0 amide bonds. The Bertz CT molecular complexity index is 116. The van der Waals surface area contributed by atoms with Crippen molar-refractivity contribution in [3.8, 4) is 0 Å². The molecule has 0 heterocycles. The second kappa shape index (κ2) is 5.20. The number of hydrogen-bond acceptors (Lipinski definition) is 5. The van der Waals surface area contributed by atoms with Gasteiger partial charge in [0.05, 0.1) is 6.61 Å². The maximum atomic E-state index is 10.1. The van der Waals surface area contributed by atoms with E-state index in [9.17, 15) is 4.79 Å². The fourth-order valence-corrected chi connectivity index (χ4v) is 0.602. The molecule has 3 N–H and O–H groups in total. The number of carbonyl (C=O) groups is 1. The normalized spacial score (nSPS) is 18.9. The van der Waals surface area contributed by atoms with Crippen molar-refractivity contribution in [2.75, 3.05) is 13.7 Å². The van der Waals surface area contributed by atoms with E-state index in [0.717, 1.165) is 0 Å². The SMILES string of the molecule is CO[C@H](C=O)[C@@H](O)[C@H](O)CO. The quantitative estimate of drug-likeness (QED) is 0.406. The van der Waals surface area contributed by atoms with Crippen molar-refractivity contribution in [1.29, 1.82) is 0 Å². The average molecular weight is 164 g/mol. The first-order valence-electron chi connectivity index (χ1n) is 3.12. The maximum absolute atomic E-state index is 10.1. The van der Waals surface area contributed by atoms with Crippen LogP contribution in [0.15, 0.2) is 0 Å². The van der Waals surface area contributed by atoms with Crippen LogP contribution in [0.3, 0.4) is 0 Å². The first-order chi connectivity index (χ1) is 5.17. The van der Waals surface area contributed by atoms with Crippen LogP contribution in [0.2, 0.25) is 0 Å². The minimum atomic E-state index is -1.37. The number of aldehydes is 1. The van der Waals surface area contributed by atoms with Gasteiger partial charge in [0.25, 0.3) is 0 Å². The van der Waals surface area contributed by atoms with Gasteiger partial charge in [-0.1, -0.05) is 0 Å². The lowest BCUT2D eigenvalue weighted by Crippen LogP contribution is -2.41. The van der Waals surface area contributed by atoms with Crippen molar-refractivity contribution in [3.63, 3.8) is 0 Å². The van der Waals surface area contributed by atoms with Gasteiger partial charge in [0.15, 0.2) is 6.29 Å². The summed E-state index contributed by atoms with van der Waals surface area (Å²) in [6.07, 6.45) is -3.44. The molecular weight excluding hydrogens is 152 g/mol. The molecular formula is C6H12O5. The fourth-order valence-electron chi connectivity index (χ4n) is 0.602. The number of carbonyl (C=O) groups excluding carboxylic acids is 1. The summed E-state index contributed by atoms with van der Waals surface area (Å²) in [5.74, 6) is 0. The molecule has 0 aliphatic carbocycles. The lowest BCUT2D eigenvalue weighted by atomic mass is 10.1. The van der Waals surface area contributed by atoms with Gasteiger partial charge in [-0.3, -0.25) is 0 Å². The van der Waals surface area contributed by atoms with Crippen LogP contribution in [0, 0.1) is 0 Å². The van der Waals surface area contributed by atoms with Crippen LogP contribution in [0.5, 0.6) is 0 Å². The van der Waals surface area contributed by atoms with Crippen LogP contribution >= 0.6 is 0 Å². The lowest BCUT2D eigenvalue weighted by Gasteiger charge is -2.19. The molecule has 0 spiro atoms. The molecule has 0 radical (unpaired) electrons. The Hall–Kier alpha value is -0.490. The van der Waals surface area contributed by atoms with Crippen molar-refractivity contribution < 1.29 is 24.9 Å². The highest BCUT2D eigenvalue weighted by Crippen LogP contribution is 2.00. The van der Waals surface area contributed by atoms with Gasteiger partial charge in [-0.2, -0.15) is 0 Å². The minimum absolute atomic E-state index is 0.365. The molecule has 0 aromatic rings. The van der Waals surface area contributed by atoms with Crippen LogP contribution in [0.25, 0.3) is 0 Å². The highest BCUT2D eigenvalue weighted by atomic mass is 16.5. The van der Waals surface area contributed by atoms with Crippen LogP contribution in [0.1, 0.15) is 0 Å². The van der Waals surface area contributed by atoms with Crippen molar-refractivity contribution in [2.24, 2.45) is 0 Å². The minimum Gasteiger partial charge on any atom is -0.394 e. The van der Waals surface area contributed by atoms with Crippen LogP contribution in [0.4, 0.5) is 0 Å². The number of hydrogen-bond donors (Lipinski definition) is 3. The zero-order valence-corrected chi connectivity index (χ0v) is 6.17. The number of ether oxygens (including phenoxy) is 1. The van der Waals surface area contributed by atoms with Gasteiger partial charge < -0.3 is 24.9 Å². The van der Waals surface area contributed by atoms with E-state index >= 15 is 0 Å². The van der Waals surface area contributed by atoms with Crippen molar-refractivity contribution >= 4 is 6.29 Å². The molecule has 66 valence electrons. The summed E-state index contributed by atoms with van der Waals surface area (Å²) in [7, 11) is 1.23. The molecule has 0 unspecified atom stereocenters. The van der Waals surface area contributed by atoms with E-state index in [2.05, 4.69) is 4.74 Å². The molecule has 0 saturated heterocycles. The van der Waals surface area contributed by atoms with E-state index in [1.165, 1.54) is 7.11 Å². The molecule has 0 aliphatic heterocycles. The number of aliphatic hydroxyl groups excluding tert-OH is 3. The predicted octanol–water partition coefficient (Wildman–Crippen LogP) is -2.09. The van der Waals surface area contributed by atoms with E-state index in [-0.39, 0.29) is 0 Å². The van der Waals surface area contributed by atoms with E-state index in [1.807, 2.05) is 0 Å². The summed E-state index contributed by atoms with van der Waals surface area (Å²) in [6.45, 7) is -0.602. The third-order valence-corrected chi connectivity index (χ3v) is 1.32. The Labute approximate surface area is 64.2 Å². The molecule has 11 heavy (non-hydrogen) atoms. The Kier molecular flexibility index (Phi) is 4.97. The van der Waals surface area contributed by atoms with Crippen LogP contribution < -0.4 is 0 Å². The van der Waals surface area contributed by atoms with Crippen LogP contribution in [-0.2, 0) is 9.53 Å². The largest absolute Gasteiger partial charge is 0.394 e. The zero-order chi connectivity index (χ0) is 8.85. The van der Waals surface area contributed by atoms with Crippen LogP contribution in [-0.4, -0.2) is 53.6 Å². The summed E-state index contributed by atoms with van der Waals surface area (Å²) in [5.41, 5.74) is 0. The molecule has 0 bridgehead atoms. The van der Waals surface area contributed by atoms with Gasteiger partial charge in [-0.05, 0) is 0 Å². The van der Waals surface area contributed by atoms with Gasteiger partial charge in [-0.15, -0.1) is 0 Å². The molecule has 0 fully saturated rings. The fraction of sp³-hybridized carbons (Fsp3) is 0.833. The number of aliphatic hydroxyl groups is 3. The van der Waals surface area contributed by atoms with E-state index in [0.29, 0.717) is 6.29 Å². The smallest absolute Gasteiger partial charge is 0.151 e. The van der Waals surface area contributed by atoms with Gasteiger partial charge in [-0.25, -0.2) is 0 Å². The van der Waals surface area contributed by atoms with Gasteiger partial charge >= 0.3 is 0 Å². The van der Waals surface area contributed by atoms with E-state index in [4.69, 9.17) is 15.3 Å². The van der Waals surface area contributed by atoms with Gasteiger partial charge in [0.2, 0.25) is 0 Å². The highest BCUT2D eigenvalue weighted by Gasteiger charge is 2.24. The molecule has 0 saturated carbocycles. The van der Waals surface area contributed by atoms with Gasteiger partial charge in [0, 0.05) is 7.11 Å². The summed E-state index contributed by atoms with van der Waals surface area (Å²) in [6, 6.07) is 0. The Morgan fingerprint density at radius 3 is 2.36 bits per heavy atom. The molecule has 0 aromatic heterocycles. The number of rotatable bonds is 5. The summed E-state index contributed by atoms with van der Waals surface area (Å²) < 4.78 is 4.50. The molecule has 0 aromatic carbocycles. The Morgan fingerprint density at radius 2 is 2.09 bits per heavy atom. The second-order valence-corrected chi connectivity index (χ2v) is 2.08. The molecule has 5 heteroatoms. The predicted molar refractivity (Wildman–Crippen MR) is 36.0 cm³/mol. The summed E-state index contributed by atoms with van der Waals surface area (Å²) in [5, 5.41) is 26.2. The second-order valence-electron chi connectivity index (χ2n) is 2.08. The summed E-state index contributed by atoms with van der Waals surface area (Å²) in [4.78, 5) is 10.1. The monoisotopic (exact) mass is 164 g/mol. The lowest BCUT2D eigenvalue weighted by molar-refractivity contribution is -0.131. The topological polar surface area (TPSA) is 87.0 Å². The Balaban J connectivity index is 3.96. The van der Waals surface area contributed by atoms with Crippen molar-refractivity contribution in [1.82, 2.24) is 0 Å². The molecule has 3 atom stereocenters. The standard InChI is InChI=1S/C6H12O5/c1-11-5(3-8)6(10)4(9)2-7/h3-7,9-10H,2H2,1H3/t4-,5-,6+/m1/s1. The van der Waals surface area contributed by atoms with Gasteiger partial charge in [0.1, 0.15) is 18.3 Å². The van der Waals surface area contributed by atoms with E-state index < -0.39 is 24.9 Å². The Morgan fingerprint density at radius 1 is 1.55 bits per heavy atom. The highest BCUT2D eigenvalue weighted by molar-refractivity contribution is 5.57. The van der Waals surface area contributed by atoms with E-state index in [1.54, 1.807) is 0 Å². The molecule has 0 aliphatic rings.